The maximum atomic E-state index is 12.4. The van der Waals surface area contributed by atoms with Crippen LogP contribution in [0.1, 0.15) is 30.5 Å². The van der Waals surface area contributed by atoms with Crippen LogP contribution in [0.2, 0.25) is 0 Å². The van der Waals surface area contributed by atoms with E-state index in [2.05, 4.69) is 22.0 Å². The van der Waals surface area contributed by atoms with Crippen LogP contribution in [0.25, 0.3) is 11.4 Å². The molecule has 1 aliphatic rings. The van der Waals surface area contributed by atoms with Gasteiger partial charge in [0.05, 0.1) is 0 Å². The van der Waals surface area contributed by atoms with E-state index >= 15 is 0 Å². The van der Waals surface area contributed by atoms with E-state index in [0.717, 1.165) is 12.8 Å². The topological polar surface area (TPSA) is 106 Å². The molecule has 2 aromatic heterocycles. The predicted molar refractivity (Wildman–Crippen MR) is 78.8 cm³/mol. The molecule has 0 aromatic carbocycles. The zero-order chi connectivity index (χ0) is 16.4. The Balaban J connectivity index is 0.00000208. The van der Waals surface area contributed by atoms with Crippen LogP contribution < -0.4 is 0 Å². The third-order valence-corrected chi connectivity index (χ3v) is 4.33. The summed E-state index contributed by atoms with van der Waals surface area (Å²) in [6.07, 6.45) is 4.69. The second kappa shape index (κ2) is 7.91. The average Bonchev–Trinajstić information content (AvgIpc) is 3.04. The molecule has 0 aliphatic carbocycles. The first kappa shape index (κ1) is 18.6. The maximum Gasteiger partial charge on any atom is 0.316 e. The number of carbonyl (C=O) groups excluding carboxylic acids is 1. The van der Waals surface area contributed by atoms with Crippen molar-refractivity contribution in [1.82, 2.24) is 20.0 Å². The summed E-state index contributed by atoms with van der Waals surface area (Å²) < 4.78 is 27.0. The molecule has 1 amide bonds. The van der Waals surface area contributed by atoms with Crippen LogP contribution in [-0.4, -0.2) is 39.0 Å². The summed E-state index contributed by atoms with van der Waals surface area (Å²) >= 11 is 0. The van der Waals surface area contributed by atoms with Crippen molar-refractivity contribution in [2.45, 2.75) is 24.7 Å². The summed E-state index contributed by atoms with van der Waals surface area (Å²) in [6.45, 7) is 3.44. The van der Waals surface area contributed by atoms with Crippen molar-refractivity contribution in [1.29, 1.82) is 0 Å². The molecule has 0 bridgehead atoms. The van der Waals surface area contributed by atoms with Gasteiger partial charge in [-0.05, 0) is 29.5 Å². The molecule has 24 heavy (non-hydrogen) atoms. The number of aromatic nitrogens is 3. The molecule has 3 heterocycles. The first-order valence-electron chi connectivity index (χ1n) is 7.22. The van der Waals surface area contributed by atoms with Gasteiger partial charge in [-0.2, -0.15) is 4.98 Å². The van der Waals surface area contributed by atoms with E-state index in [9.17, 15) is 13.2 Å². The molecule has 1 saturated heterocycles. The average molecular weight is 386 g/mol. The van der Waals surface area contributed by atoms with Gasteiger partial charge in [0.1, 0.15) is 0 Å². The van der Waals surface area contributed by atoms with Crippen LogP contribution in [0.15, 0.2) is 27.9 Å². The standard InChI is InChI=1S/C14H15N4O4S.V/c1-9-3-2-4-18(8-9)14(19)13-16-12(17-22-13)10-5-11(23(20)21)7-15-6-10;/h5-7,9H,2-4,8H2,1H3;/q-1;. The van der Waals surface area contributed by atoms with E-state index in [0.29, 0.717) is 24.6 Å². The molecular weight excluding hydrogens is 371 g/mol. The van der Waals surface area contributed by atoms with Gasteiger partial charge in [0.25, 0.3) is 0 Å². The Labute approximate surface area is 152 Å². The third kappa shape index (κ3) is 4.03. The molecule has 1 aliphatic heterocycles. The first-order chi connectivity index (χ1) is 11.0. The minimum Gasteiger partial charge on any atom is -0.420 e. The molecule has 1 fully saturated rings. The van der Waals surface area contributed by atoms with Gasteiger partial charge in [0.2, 0.25) is 5.82 Å². The van der Waals surface area contributed by atoms with Crippen molar-refractivity contribution in [2.75, 3.05) is 13.1 Å². The normalized spacial score (nSPS) is 17.6. The minimum absolute atomic E-state index is 0. The Morgan fingerprint density at radius 1 is 1.38 bits per heavy atom. The first-order valence-corrected chi connectivity index (χ1v) is 8.30. The summed E-state index contributed by atoms with van der Waals surface area (Å²) in [5, 5.41) is 3.75. The van der Waals surface area contributed by atoms with E-state index in [4.69, 9.17) is 4.52 Å². The van der Waals surface area contributed by atoms with E-state index in [1.54, 1.807) is 4.90 Å². The van der Waals surface area contributed by atoms with Crippen LogP contribution in [0.5, 0.6) is 0 Å². The van der Waals surface area contributed by atoms with E-state index < -0.39 is 10.7 Å². The SMILES string of the molecule is CC1CCCN(C(=O)c2nc(-c3cncc([S-](=O)=O)c3)no2)C1.[V]. The molecule has 1 atom stereocenters. The molecule has 1 radical (unpaired) electrons. The Hall–Kier alpha value is -1.71. The minimum atomic E-state index is -2.40. The third-order valence-electron chi connectivity index (χ3n) is 3.72. The number of hydrogen-bond acceptors (Lipinski definition) is 8. The van der Waals surface area contributed by atoms with Gasteiger partial charge in [0.15, 0.2) is 0 Å². The summed E-state index contributed by atoms with van der Waals surface area (Å²) in [5.74, 6) is 0.191. The Kier molecular flexibility index (Phi) is 6.14. The number of nitrogens with zero attached hydrogens (tertiary/aromatic N) is 4. The van der Waals surface area contributed by atoms with E-state index in [1.165, 1.54) is 18.5 Å². The number of piperidine rings is 1. The maximum absolute atomic E-state index is 12.4. The second-order valence-corrected chi connectivity index (χ2v) is 6.51. The molecule has 8 nitrogen and oxygen atoms in total. The predicted octanol–water partition coefficient (Wildman–Crippen LogP) is 1.67. The van der Waals surface area contributed by atoms with Crippen molar-refractivity contribution in [3.8, 4) is 11.4 Å². The fourth-order valence-electron chi connectivity index (χ4n) is 2.57. The molecule has 0 saturated carbocycles. The van der Waals surface area contributed by atoms with Crippen molar-refractivity contribution in [2.24, 2.45) is 5.92 Å². The van der Waals surface area contributed by atoms with E-state index in [1.807, 2.05) is 0 Å². The second-order valence-electron chi connectivity index (χ2n) is 5.57. The van der Waals surface area contributed by atoms with Crippen molar-refractivity contribution in [3.63, 3.8) is 0 Å². The van der Waals surface area contributed by atoms with E-state index in [-0.39, 0.29) is 41.1 Å². The van der Waals surface area contributed by atoms with Crippen LogP contribution >= 0.6 is 0 Å². The zero-order valence-corrected chi connectivity index (χ0v) is 15.1. The number of rotatable bonds is 3. The van der Waals surface area contributed by atoms with Crippen LogP contribution in [0.3, 0.4) is 0 Å². The number of carbonyl (C=O) groups is 1. The number of amides is 1. The summed E-state index contributed by atoms with van der Waals surface area (Å²) in [5.41, 5.74) is 0.376. The largest absolute Gasteiger partial charge is 0.420 e. The van der Waals surface area contributed by atoms with Crippen LogP contribution in [0.4, 0.5) is 0 Å². The number of likely N-dealkylation sites (tertiary alicyclic amines) is 1. The fraction of sp³-hybridized carbons (Fsp3) is 0.429. The summed E-state index contributed by atoms with van der Waals surface area (Å²) in [6, 6.07) is 1.37. The molecular formula is C14H15N4O4SV-. The smallest absolute Gasteiger partial charge is 0.316 e. The molecule has 0 spiro atoms. The Morgan fingerprint density at radius 3 is 2.88 bits per heavy atom. The molecule has 2 aromatic rings. The monoisotopic (exact) mass is 386 g/mol. The summed E-state index contributed by atoms with van der Waals surface area (Å²) in [4.78, 5) is 22.0. The van der Waals surface area contributed by atoms with Gasteiger partial charge < -0.3 is 17.8 Å². The van der Waals surface area contributed by atoms with Crippen molar-refractivity contribution in [3.05, 3.63) is 24.4 Å². The van der Waals surface area contributed by atoms with Gasteiger partial charge in [0, 0.05) is 49.6 Å². The van der Waals surface area contributed by atoms with Crippen LogP contribution in [-0.2, 0) is 37.7 Å². The number of hydrogen-bond donors (Lipinski definition) is 0. The van der Waals surface area contributed by atoms with Gasteiger partial charge in [-0.25, -0.2) is 0 Å². The van der Waals surface area contributed by atoms with Gasteiger partial charge in [-0.3, -0.25) is 9.78 Å². The fourth-order valence-corrected chi connectivity index (χ4v) is 2.94. The molecule has 3 rings (SSSR count). The number of pyridine rings is 1. The van der Waals surface area contributed by atoms with Crippen LogP contribution in [0, 0.1) is 5.92 Å². The van der Waals surface area contributed by atoms with Gasteiger partial charge >= 0.3 is 11.8 Å². The Bertz CT molecular complexity index is 800. The van der Waals surface area contributed by atoms with Crippen molar-refractivity contribution < 1.29 is 36.3 Å². The van der Waals surface area contributed by atoms with Gasteiger partial charge in [-0.15, -0.1) is 0 Å². The summed E-state index contributed by atoms with van der Waals surface area (Å²) in [7, 11) is -2.40. The quantitative estimate of drug-likeness (QED) is 0.739. The Morgan fingerprint density at radius 2 is 2.17 bits per heavy atom. The molecule has 10 heteroatoms. The van der Waals surface area contributed by atoms with Crippen molar-refractivity contribution >= 4 is 16.6 Å². The molecule has 127 valence electrons. The molecule has 1 unspecified atom stereocenters. The zero-order valence-electron chi connectivity index (χ0n) is 12.9. The van der Waals surface area contributed by atoms with Gasteiger partial charge in [-0.1, -0.05) is 23.0 Å². The molecule has 0 N–H and O–H groups in total.